The summed E-state index contributed by atoms with van der Waals surface area (Å²) in [5, 5.41) is 62.3. The average Bonchev–Trinajstić information content (AvgIpc) is 0.795. The molecule has 770 valence electrons. The van der Waals surface area contributed by atoms with Crippen LogP contribution < -0.4 is 5.32 Å². The standard InChI is InChI=1S/2C24H30N4O.C21H25N3O2.C20H25ClN2O2.C16H17N3.C8H15NO2.CH3F.CH4O.ClH/c2*1-17-12-20(21-6-5-19(14-25)24-22(21)4-3-9-26-24)16-28(15-17)23(29)13-18-7-10-27(2)11-8-18;1-14-10-16(13-24(12-14)20(25)26-21(2,3)4)17-8-7-15(11-22)19-18(17)6-5-9-23-19;1-13-10-14(12-23(11-13)19(24)25-20(2,3)4)15-7-8-17(21)18-16(15)6-5-9-22-18;1-11-7-13(10-18-9-11)14-5-4-12(8-17)16-15(14)3-2-6-19-16;1-9-4-2-7(3-5-9)6-8(10)11;2*1-2;/h2*3-6,9,17-18,20H,7-8,10-13,15-16H2,1-2H3;5-9,14,16H,10,12-13H2,1-4H3;5-9,13-14H,10-12H2,1-4H3;2-6,11,13,18H,7,9-10H2,1H3;7H,2-6H2,1H3,(H,10,11);1H3;2H,1H3;1H/t2*17-,20?;;;;;;;/m11......./s1/i;;;;;;1D;;. The van der Waals surface area contributed by atoms with E-state index in [0.29, 0.717) is 143 Å². The van der Waals surface area contributed by atoms with Gasteiger partial charge in [-0.15, -0.1) is 12.4 Å². The molecule has 13 heterocycles. The third-order valence-electron chi connectivity index (χ3n) is 28.8. The number of aromatic nitrogens is 5. The molecule has 0 spiro atoms. The van der Waals surface area contributed by atoms with Crippen LogP contribution in [0, 0.1) is 92.7 Å². The first kappa shape index (κ1) is 113. The molecule has 8 fully saturated rings. The molecule has 4 amide bonds. The van der Waals surface area contributed by atoms with Gasteiger partial charge >= 0.3 is 18.2 Å². The second kappa shape index (κ2) is 54.5. The van der Waals surface area contributed by atoms with Crippen LogP contribution in [-0.4, -0.2) is 251 Å². The summed E-state index contributed by atoms with van der Waals surface area (Å²) in [5.74, 6) is 5.41. The first-order valence-corrected chi connectivity index (χ1v) is 51.3. The smallest absolute Gasteiger partial charge is 0.410 e. The van der Waals surface area contributed by atoms with Gasteiger partial charge in [-0.2, -0.15) is 21.0 Å². The largest absolute Gasteiger partial charge is 0.481 e. The first-order chi connectivity index (χ1) is 69.0. The Morgan fingerprint density at radius 1 is 0.403 bits per heavy atom. The van der Waals surface area contributed by atoms with Gasteiger partial charge in [-0.1, -0.05) is 107 Å². The number of ether oxygens (including phenoxy) is 2. The summed E-state index contributed by atoms with van der Waals surface area (Å²) in [6.07, 6.45) is 21.9. The van der Waals surface area contributed by atoms with E-state index in [0.717, 1.165) is 216 Å². The number of carboxylic acid groups (broad SMARTS) is 1. The molecule has 5 aromatic carbocycles. The zero-order valence-electron chi connectivity index (χ0n) is 87.9. The Labute approximate surface area is 864 Å². The maximum Gasteiger partial charge on any atom is 0.410 e. The second-order valence-corrected chi connectivity index (χ2v) is 43.3. The summed E-state index contributed by atoms with van der Waals surface area (Å²) in [6, 6.07) is 48.6. The van der Waals surface area contributed by atoms with Gasteiger partial charge in [0, 0.05) is 167 Å². The number of amides is 4. The molecule has 8 saturated heterocycles. The quantitative estimate of drug-likeness (QED) is 0.108. The summed E-state index contributed by atoms with van der Waals surface area (Å²) in [6.45, 7) is 37.0. The third kappa shape index (κ3) is 31.7. The van der Waals surface area contributed by atoms with Crippen molar-refractivity contribution in [1.82, 2.24) is 64.5 Å². The molecule has 0 bridgehead atoms. The number of likely N-dealkylation sites (tertiary alicyclic amines) is 7. The SMILES string of the molecule is CC1CC(c2ccc(C#N)c3ncccc23)CN(C(=O)OC(C)(C)C)C1.CC1CC(c2ccc(Cl)c3ncccc23)CN(C(=O)OC(C)(C)C)C1.CC1CNCC(c2ccc(C#N)c3ncccc23)C1.CN1CCC(CC(=O)O)CC1.CO.C[C@@H]1CC(c2ccc(C#N)c3ncccc23)CN(C(=O)CC2CCN(C)CC2)C1.C[C@@H]1CC(c2ccc(C#N)c3ncccc23)CN(C(=O)CC2CCN(C)CC2)C1.Cl.[2H]CF. The number of hydrogen-bond donors (Lipinski definition) is 3. The number of hydrogen-bond acceptors (Lipinski definition) is 21. The van der Waals surface area contributed by atoms with E-state index in [1.807, 2.05) is 124 Å². The summed E-state index contributed by atoms with van der Waals surface area (Å²) in [4.78, 5) is 98.5. The van der Waals surface area contributed by atoms with Gasteiger partial charge in [0.15, 0.2) is 0 Å². The number of rotatable bonds is 11. The van der Waals surface area contributed by atoms with Gasteiger partial charge in [-0.25, -0.2) is 9.59 Å². The summed E-state index contributed by atoms with van der Waals surface area (Å²) in [7, 11) is 6.40. The van der Waals surface area contributed by atoms with Gasteiger partial charge < -0.3 is 59.3 Å². The minimum Gasteiger partial charge on any atom is -0.481 e. The molecule has 10 aromatic rings. The van der Waals surface area contributed by atoms with Gasteiger partial charge in [0.05, 0.1) is 63.4 Å². The van der Waals surface area contributed by atoms with Gasteiger partial charge in [-0.05, 0) is 321 Å². The van der Waals surface area contributed by atoms with E-state index in [1.165, 1.54) is 28.7 Å². The maximum absolute atomic E-state index is 13.1. The highest BCUT2D eigenvalue weighted by atomic mass is 35.5. The topological polar surface area (TPSA) is 339 Å². The lowest BCUT2D eigenvalue weighted by Gasteiger charge is -2.38. The highest BCUT2D eigenvalue weighted by Crippen LogP contribution is 2.43. The van der Waals surface area contributed by atoms with Crippen molar-refractivity contribution in [2.45, 2.75) is 207 Å². The molecule has 0 saturated carbocycles. The van der Waals surface area contributed by atoms with Crippen LogP contribution >= 0.6 is 24.0 Å². The molecule has 18 rings (SSSR count). The Balaban J connectivity index is 0.000000179. The monoisotopic (exact) mass is 2000 g/mol. The van der Waals surface area contributed by atoms with Crippen LogP contribution in [-0.2, 0) is 23.9 Å². The van der Waals surface area contributed by atoms with Crippen LogP contribution in [0.2, 0.25) is 5.02 Å². The number of halogens is 3. The van der Waals surface area contributed by atoms with Crippen LogP contribution in [0.15, 0.2) is 152 Å². The molecule has 144 heavy (non-hydrogen) atoms. The molecule has 29 heteroatoms. The van der Waals surface area contributed by atoms with E-state index in [-0.39, 0.29) is 36.4 Å². The van der Waals surface area contributed by atoms with E-state index in [2.05, 4.69) is 183 Å². The Kier molecular flexibility index (Phi) is 42.7. The van der Waals surface area contributed by atoms with Crippen molar-refractivity contribution in [3.63, 3.8) is 0 Å². The van der Waals surface area contributed by atoms with Crippen molar-refractivity contribution in [3.05, 3.63) is 207 Å². The number of benzene rings is 5. The molecule has 8 aliphatic rings. The second-order valence-electron chi connectivity index (χ2n) is 42.9. The Bertz CT molecular complexity index is 6000. The first-order valence-electron chi connectivity index (χ1n) is 51.7. The predicted octanol–water partition coefficient (Wildman–Crippen LogP) is 21.5. The Morgan fingerprint density at radius 2 is 0.660 bits per heavy atom. The maximum atomic E-state index is 13.1. The predicted molar refractivity (Wildman–Crippen MR) is 571 cm³/mol. The van der Waals surface area contributed by atoms with Crippen molar-refractivity contribution in [3.8, 4) is 24.3 Å². The van der Waals surface area contributed by atoms with Crippen molar-refractivity contribution in [1.29, 1.82) is 21.0 Å². The zero-order chi connectivity index (χ0) is 104. The van der Waals surface area contributed by atoms with Crippen LogP contribution in [0.25, 0.3) is 54.5 Å². The average molecular weight is 2010 g/mol. The molecule has 26 nitrogen and oxygen atoms in total. The van der Waals surface area contributed by atoms with Crippen LogP contribution in [0.3, 0.4) is 0 Å². The van der Waals surface area contributed by atoms with Gasteiger partial charge in [0.25, 0.3) is 0 Å². The highest BCUT2D eigenvalue weighted by Gasteiger charge is 2.38. The summed E-state index contributed by atoms with van der Waals surface area (Å²) < 4.78 is 26.6. The lowest BCUT2D eigenvalue weighted by atomic mass is 9.83. The normalized spacial score (nSPS) is 21.9. The molecule has 8 unspecified atom stereocenters. The van der Waals surface area contributed by atoms with Crippen molar-refractivity contribution < 1.29 is 49.4 Å². The number of piperidine rings is 8. The summed E-state index contributed by atoms with van der Waals surface area (Å²) >= 11 is 6.30. The number of fused-ring (bicyclic) bond motifs is 5. The Hall–Kier alpha value is -11.6. The molecule has 0 aliphatic carbocycles. The number of nitrogens with zero attached hydrogens (tertiary/aromatic N) is 16. The molecule has 5 aromatic heterocycles. The molecular weight excluding hydrogens is 1850 g/mol. The van der Waals surface area contributed by atoms with Crippen molar-refractivity contribution >= 4 is 108 Å². The number of pyridine rings is 5. The zero-order valence-corrected chi connectivity index (χ0v) is 88.5. The van der Waals surface area contributed by atoms with Gasteiger partial charge in [0.2, 0.25) is 11.8 Å². The molecule has 3 N–H and O–H groups in total. The third-order valence-corrected chi connectivity index (χ3v) is 29.1. The van der Waals surface area contributed by atoms with E-state index in [9.17, 15) is 49.4 Å². The van der Waals surface area contributed by atoms with Crippen molar-refractivity contribution in [2.75, 3.05) is 140 Å². The minimum absolute atomic E-state index is 0. The van der Waals surface area contributed by atoms with E-state index in [1.54, 1.807) is 31.0 Å². The number of aliphatic hydroxyl groups is 1. The van der Waals surface area contributed by atoms with Crippen LogP contribution in [0.1, 0.15) is 247 Å². The minimum atomic E-state index is -1.00. The fourth-order valence-electron chi connectivity index (χ4n) is 21.9. The number of alkyl halides is 1. The van der Waals surface area contributed by atoms with Crippen LogP contribution in [0.5, 0.6) is 0 Å². The van der Waals surface area contributed by atoms with Crippen LogP contribution in [0.4, 0.5) is 14.0 Å². The highest BCUT2D eigenvalue weighted by molar-refractivity contribution is 6.35. The van der Waals surface area contributed by atoms with E-state index in [4.69, 9.17) is 32.7 Å². The number of carboxylic acids is 1. The molecule has 10 atom stereocenters. The number of nitriles is 4. The lowest BCUT2D eigenvalue weighted by molar-refractivity contribution is -0.138. The fourth-order valence-corrected chi connectivity index (χ4v) is 22.2. The number of aliphatic carboxylic acids is 1. The number of carbonyl (C=O) groups excluding carboxylic acids is 4. The fraction of sp³-hybridized carbons (Fsp3) is 0.530. The lowest BCUT2D eigenvalue weighted by Crippen LogP contribution is -2.45. The molecule has 8 aliphatic heterocycles. The van der Waals surface area contributed by atoms with E-state index < -0.39 is 24.3 Å². The Morgan fingerprint density at radius 3 is 0.944 bits per heavy atom. The number of nitrogens with one attached hydrogen (secondary N) is 1. The van der Waals surface area contributed by atoms with E-state index >= 15 is 0 Å². The molecular formula is C115H150Cl2FN17O9. The van der Waals surface area contributed by atoms with Gasteiger partial charge in [0.1, 0.15) is 35.5 Å². The summed E-state index contributed by atoms with van der Waals surface area (Å²) in [5.41, 5.74) is 11.5. The van der Waals surface area contributed by atoms with Gasteiger partial charge in [-0.3, -0.25) is 43.7 Å². The molecule has 0 radical (unpaired) electrons. The number of carbonyl (C=O) groups is 5. The number of aliphatic hydroxyl groups excluding tert-OH is 1. The van der Waals surface area contributed by atoms with Crippen molar-refractivity contribution in [2.24, 2.45) is 47.3 Å².